The summed E-state index contributed by atoms with van der Waals surface area (Å²) in [5.74, 6) is 2.74. The van der Waals surface area contributed by atoms with E-state index in [0.717, 1.165) is 5.82 Å². The van der Waals surface area contributed by atoms with Crippen LogP contribution >= 0.6 is 0 Å². The highest BCUT2D eigenvalue weighted by Gasteiger charge is 2.22. The lowest BCUT2D eigenvalue weighted by molar-refractivity contribution is 0.504. The molecule has 118 valence electrons. The topological polar surface area (TPSA) is 55.6 Å². The van der Waals surface area contributed by atoms with Gasteiger partial charge >= 0.3 is 0 Å². The summed E-state index contributed by atoms with van der Waals surface area (Å²) < 4.78 is 2.05. The summed E-state index contributed by atoms with van der Waals surface area (Å²) in [7, 11) is 2.02. The number of imidazole rings is 1. The Morgan fingerprint density at radius 1 is 1.18 bits per heavy atom. The third-order valence-electron chi connectivity index (χ3n) is 4.54. The van der Waals surface area contributed by atoms with E-state index >= 15 is 0 Å². The molecule has 0 aliphatic heterocycles. The number of aryl methyl sites for hydroxylation is 1. The van der Waals surface area contributed by atoms with Gasteiger partial charge in [0.25, 0.3) is 0 Å². The fraction of sp³-hybridized carbons (Fsp3) is 0.588. The molecule has 3 rings (SSSR count). The molecule has 1 saturated carbocycles. The average molecular weight is 299 g/mol. The van der Waals surface area contributed by atoms with Gasteiger partial charge in [-0.1, -0.05) is 26.7 Å². The Bertz CT molecular complexity index is 613. The molecule has 0 saturated heterocycles. The third-order valence-corrected chi connectivity index (χ3v) is 4.54. The van der Waals surface area contributed by atoms with Gasteiger partial charge in [0.15, 0.2) is 0 Å². The Kier molecular flexibility index (Phi) is 4.41. The van der Waals surface area contributed by atoms with E-state index in [1.54, 1.807) is 0 Å². The number of nitrogens with zero attached hydrogens (tertiary/aromatic N) is 4. The molecule has 1 aliphatic carbocycles. The largest absolute Gasteiger partial charge is 0.344 e. The normalized spacial score (nSPS) is 17.1. The summed E-state index contributed by atoms with van der Waals surface area (Å²) >= 11 is 0. The van der Waals surface area contributed by atoms with Crippen molar-refractivity contribution in [2.24, 2.45) is 13.0 Å². The van der Waals surface area contributed by atoms with Gasteiger partial charge in [-0.15, -0.1) is 0 Å². The van der Waals surface area contributed by atoms with Crippen LogP contribution in [0, 0.1) is 5.92 Å². The summed E-state index contributed by atoms with van der Waals surface area (Å²) in [6, 6.07) is 2.17. The molecule has 0 radical (unpaired) electrons. The summed E-state index contributed by atoms with van der Waals surface area (Å²) in [5.41, 5.74) is 1.18. The highest BCUT2D eigenvalue weighted by Crippen LogP contribution is 2.33. The van der Waals surface area contributed by atoms with Crippen molar-refractivity contribution in [3.05, 3.63) is 36.2 Å². The van der Waals surface area contributed by atoms with Crippen molar-refractivity contribution >= 4 is 5.95 Å². The molecule has 0 unspecified atom stereocenters. The minimum atomic E-state index is 0.110. The number of hydrogen-bond acceptors (Lipinski definition) is 4. The lowest BCUT2D eigenvalue weighted by Gasteiger charge is -2.22. The summed E-state index contributed by atoms with van der Waals surface area (Å²) in [4.78, 5) is 13.6. The highest BCUT2D eigenvalue weighted by atomic mass is 15.2. The van der Waals surface area contributed by atoms with Crippen LogP contribution < -0.4 is 5.32 Å². The minimum absolute atomic E-state index is 0.110. The lowest BCUT2D eigenvalue weighted by Crippen LogP contribution is -2.22. The first-order chi connectivity index (χ1) is 10.6. The van der Waals surface area contributed by atoms with E-state index in [0.29, 0.717) is 17.8 Å². The van der Waals surface area contributed by atoms with Gasteiger partial charge < -0.3 is 9.88 Å². The summed E-state index contributed by atoms with van der Waals surface area (Å²) in [6.45, 7) is 4.38. The SMILES string of the molecule is CC(C)[C@@H](Nc1nccc(C2CCCC2)n1)c1nccn1C. The van der Waals surface area contributed by atoms with Crippen LogP contribution in [0.5, 0.6) is 0 Å². The van der Waals surface area contributed by atoms with Crippen LogP contribution in [0.25, 0.3) is 0 Å². The average Bonchev–Trinajstić information content (AvgIpc) is 3.16. The summed E-state index contributed by atoms with van der Waals surface area (Å²) in [5, 5.41) is 3.48. The molecule has 1 fully saturated rings. The van der Waals surface area contributed by atoms with Crippen LogP contribution in [0.3, 0.4) is 0 Å². The molecule has 5 nitrogen and oxygen atoms in total. The molecule has 1 atom stereocenters. The van der Waals surface area contributed by atoms with Crippen LogP contribution in [0.4, 0.5) is 5.95 Å². The number of hydrogen-bond donors (Lipinski definition) is 1. The van der Waals surface area contributed by atoms with Gasteiger partial charge in [-0.25, -0.2) is 15.0 Å². The van der Waals surface area contributed by atoms with E-state index in [-0.39, 0.29) is 6.04 Å². The van der Waals surface area contributed by atoms with Gasteiger partial charge in [-0.3, -0.25) is 0 Å². The monoisotopic (exact) mass is 299 g/mol. The molecular formula is C17H25N5. The van der Waals surface area contributed by atoms with Crippen molar-refractivity contribution < 1.29 is 0 Å². The van der Waals surface area contributed by atoms with Crippen molar-refractivity contribution in [2.45, 2.75) is 51.5 Å². The van der Waals surface area contributed by atoms with Gasteiger partial charge in [-0.2, -0.15) is 0 Å². The smallest absolute Gasteiger partial charge is 0.223 e. The van der Waals surface area contributed by atoms with Crippen molar-refractivity contribution in [1.29, 1.82) is 0 Å². The molecule has 2 aromatic heterocycles. The number of anilines is 1. The predicted molar refractivity (Wildman–Crippen MR) is 87.7 cm³/mol. The zero-order valence-electron chi connectivity index (χ0n) is 13.7. The zero-order valence-corrected chi connectivity index (χ0v) is 13.7. The number of nitrogens with one attached hydrogen (secondary N) is 1. The Hall–Kier alpha value is -1.91. The predicted octanol–water partition coefficient (Wildman–Crippen LogP) is 3.68. The fourth-order valence-corrected chi connectivity index (χ4v) is 3.24. The first-order valence-corrected chi connectivity index (χ1v) is 8.22. The molecule has 1 N–H and O–H groups in total. The van der Waals surface area contributed by atoms with Gasteiger partial charge in [0.2, 0.25) is 5.95 Å². The Morgan fingerprint density at radius 3 is 2.59 bits per heavy atom. The molecule has 2 heterocycles. The van der Waals surface area contributed by atoms with Crippen LogP contribution in [0.15, 0.2) is 24.7 Å². The van der Waals surface area contributed by atoms with Crippen LogP contribution in [-0.2, 0) is 7.05 Å². The van der Waals surface area contributed by atoms with Crippen LogP contribution in [-0.4, -0.2) is 19.5 Å². The molecule has 1 aliphatic rings. The van der Waals surface area contributed by atoms with Gasteiger partial charge in [-0.05, 0) is 24.8 Å². The zero-order chi connectivity index (χ0) is 15.5. The molecule has 0 aromatic carbocycles. The maximum atomic E-state index is 4.76. The molecule has 2 aromatic rings. The van der Waals surface area contributed by atoms with Crippen LogP contribution in [0.1, 0.15) is 63.0 Å². The molecular weight excluding hydrogens is 274 g/mol. The Balaban J connectivity index is 1.81. The third kappa shape index (κ3) is 3.13. The maximum absolute atomic E-state index is 4.76. The molecule has 0 amide bonds. The van der Waals surface area contributed by atoms with E-state index in [2.05, 4.69) is 39.8 Å². The maximum Gasteiger partial charge on any atom is 0.223 e. The van der Waals surface area contributed by atoms with Gasteiger partial charge in [0.1, 0.15) is 5.82 Å². The molecule has 22 heavy (non-hydrogen) atoms. The molecule has 0 spiro atoms. The highest BCUT2D eigenvalue weighted by molar-refractivity contribution is 5.30. The first-order valence-electron chi connectivity index (χ1n) is 8.22. The van der Waals surface area contributed by atoms with E-state index in [4.69, 9.17) is 4.98 Å². The van der Waals surface area contributed by atoms with Crippen molar-refractivity contribution in [2.75, 3.05) is 5.32 Å². The second-order valence-corrected chi connectivity index (χ2v) is 6.55. The van der Waals surface area contributed by atoms with Crippen molar-refractivity contribution in [1.82, 2.24) is 19.5 Å². The van der Waals surface area contributed by atoms with E-state index in [9.17, 15) is 0 Å². The molecule has 5 heteroatoms. The van der Waals surface area contributed by atoms with Crippen molar-refractivity contribution in [3.63, 3.8) is 0 Å². The van der Waals surface area contributed by atoms with E-state index < -0.39 is 0 Å². The van der Waals surface area contributed by atoms with E-state index in [1.807, 2.05) is 25.6 Å². The van der Waals surface area contributed by atoms with Crippen molar-refractivity contribution in [3.8, 4) is 0 Å². The number of aromatic nitrogens is 4. The Labute approximate surface area is 132 Å². The summed E-state index contributed by atoms with van der Waals surface area (Å²) in [6.07, 6.45) is 10.8. The fourth-order valence-electron chi connectivity index (χ4n) is 3.24. The Morgan fingerprint density at radius 2 is 1.95 bits per heavy atom. The second kappa shape index (κ2) is 6.46. The minimum Gasteiger partial charge on any atom is -0.344 e. The molecule has 0 bridgehead atoms. The standard InChI is InChI=1S/C17H25N5/c1-12(2)15(16-18-10-11-22(16)3)21-17-19-9-8-14(20-17)13-6-4-5-7-13/h8-13,15H,4-7H2,1-3H3,(H,19,20,21)/t15-/m1/s1. The number of rotatable bonds is 5. The van der Waals surface area contributed by atoms with Gasteiger partial charge in [0.05, 0.1) is 6.04 Å². The lowest BCUT2D eigenvalue weighted by atomic mass is 10.0. The second-order valence-electron chi connectivity index (χ2n) is 6.55. The van der Waals surface area contributed by atoms with E-state index in [1.165, 1.54) is 31.4 Å². The quantitative estimate of drug-likeness (QED) is 0.915. The first kappa shape index (κ1) is 15.0. The van der Waals surface area contributed by atoms with Gasteiger partial charge in [0, 0.05) is 37.3 Å². The van der Waals surface area contributed by atoms with Crippen LogP contribution in [0.2, 0.25) is 0 Å².